The maximum Gasteiger partial charge on any atom is 0.324 e. The zero-order valence-electron chi connectivity index (χ0n) is 74.2. The van der Waals surface area contributed by atoms with Crippen molar-refractivity contribution >= 4 is 104 Å². The number of fused-ring (bicyclic) bond motifs is 2. The molecule has 32 nitrogen and oxygen atoms in total. The predicted octanol–water partition coefficient (Wildman–Crippen LogP) is 18.3. The Morgan fingerprint density at radius 1 is 0.398 bits per heavy atom. The quantitative estimate of drug-likeness (QED) is 0.0202. The number of ether oxygens (including phenoxy) is 5. The summed E-state index contributed by atoms with van der Waals surface area (Å²) >= 11 is 0. The number of nitrogens with one attached hydrogen (secondary N) is 9. The summed E-state index contributed by atoms with van der Waals surface area (Å²) in [4.78, 5) is 49.1. The van der Waals surface area contributed by atoms with Gasteiger partial charge in [-0.25, -0.2) is 55.4 Å². The summed E-state index contributed by atoms with van der Waals surface area (Å²) in [6.45, 7) is 33.9. The number of pyridine rings is 1. The smallest absolute Gasteiger partial charge is 0.324 e. The van der Waals surface area contributed by atoms with Crippen LogP contribution in [0.25, 0.3) is 38.6 Å². The first-order chi connectivity index (χ1) is 61.1. The van der Waals surface area contributed by atoms with Crippen LogP contribution in [-0.4, -0.2) is 180 Å². The molecular formula is C93H114N18O14S3. The van der Waals surface area contributed by atoms with Crippen molar-refractivity contribution in [2.75, 3.05) is 137 Å². The van der Waals surface area contributed by atoms with E-state index in [1.165, 1.54) is 0 Å². The van der Waals surface area contributed by atoms with E-state index in [9.17, 15) is 27.0 Å². The van der Waals surface area contributed by atoms with Crippen LogP contribution in [0.4, 0.5) is 48.9 Å². The summed E-state index contributed by atoms with van der Waals surface area (Å²) in [6, 6.07) is 58.0. The van der Waals surface area contributed by atoms with Crippen molar-refractivity contribution < 1.29 is 63.2 Å². The monoisotopic (exact) mass is 1800 g/mol. The fraction of sp³-hybridized carbons (Fsp3) is 0.344. The molecule has 14 rings (SSSR count). The van der Waals surface area contributed by atoms with Gasteiger partial charge in [0.2, 0.25) is 0 Å². The summed E-state index contributed by atoms with van der Waals surface area (Å²) in [5.41, 5.74) is 6.44. The van der Waals surface area contributed by atoms with E-state index in [4.69, 9.17) is 65.9 Å². The van der Waals surface area contributed by atoms with Crippen LogP contribution >= 0.6 is 0 Å². The highest BCUT2D eigenvalue weighted by Crippen LogP contribution is 2.37. The first-order valence-corrected chi connectivity index (χ1v) is 46.8. The van der Waals surface area contributed by atoms with Crippen LogP contribution in [0, 0.1) is 14.3 Å². The SMILES string of the molecule is CCOS(=N)(=O)c1ccc(-n2nc(C(C)(C)C)cc2NC(=O)Nc2ccc(OCCN3CCOCC3)c3ccccc23)cc1.CCOS(=N)(=O)c1ccc(-n2nc(C(C)(C)C)cc2NC(=O)Nc2ccc(OCCN3CCOCC3)cc2)cc1.CCOS(=N)(=O)c1ccc(-n2nc(C(C)(C)C)cc2NC(=O)Nc2ccc(OCCc3ccncc3)c3ccccc23)cc1. The first kappa shape index (κ1) is 95.0. The zero-order valence-corrected chi connectivity index (χ0v) is 76.6. The van der Waals surface area contributed by atoms with Gasteiger partial charge in [0.25, 0.3) is 0 Å². The molecule has 8 aromatic carbocycles. The van der Waals surface area contributed by atoms with Crippen LogP contribution < -0.4 is 46.1 Å². The number of amides is 6. The van der Waals surface area contributed by atoms with Gasteiger partial charge in [0.1, 0.15) is 47.9 Å². The van der Waals surface area contributed by atoms with Gasteiger partial charge >= 0.3 is 18.1 Å². The molecule has 3 unspecified atom stereocenters. The third-order valence-electron chi connectivity index (χ3n) is 20.5. The molecule has 678 valence electrons. The van der Waals surface area contributed by atoms with Gasteiger partial charge in [-0.15, -0.1) is 0 Å². The highest BCUT2D eigenvalue weighted by Gasteiger charge is 2.28. The number of benzene rings is 8. The molecule has 2 fully saturated rings. The average Bonchev–Trinajstić information content (AvgIpc) is 1.77. The molecular weight excluding hydrogens is 1690 g/mol. The van der Waals surface area contributed by atoms with Crippen LogP contribution in [0.1, 0.15) is 106 Å². The Bertz CT molecular complexity index is 6130. The second kappa shape index (κ2) is 42.6. The minimum atomic E-state index is -3.35. The summed E-state index contributed by atoms with van der Waals surface area (Å²) in [6.07, 6.45) is 4.29. The number of morpholine rings is 2. The molecule has 35 heteroatoms. The van der Waals surface area contributed by atoms with Crippen LogP contribution in [0.3, 0.4) is 0 Å². The van der Waals surface area contributed by atoms with Gasteiger partial charge in [0, 0.05) is 120 Å². The molecule has 2 saturated heterocycles. The van der Waals surface area contributed by atoms with E-state index in [1.807, 2.05) is 178 Å². The van der Waals surface area contributed by atoms with Crippen molar-refractivity contribution in [2.45, 2.75) is 120 Å². The van der Waals surface area contributed by atoms with E-state index in [1.54, 1.807) is 132 Å². The maximum absolute atomic E-state index is 13.4. The van der Waals surface area contributed by atoms with Gasteiger partial charge in [-0.2, -0.15) is 15.3 Å². The molecule has 2 aliphatic rings. The van der Waals surface area contributed by atoms with E-state index in [0.29, 0.717) is 71.4 Å². The fourth-order valence-electron chi connectivity index (χ4n) is 13.6. The topological polar surface area (TPSA) is 393 Å². The third kappa shape index (κ3) is 25.6. The fourth-order valence-corrected chi connectivity index (χ4v) is 16.5. The first-order valence-electron chi connectivity index (χ1n) is 42.3. The lowest BCUT2D eigenvalue weighted by Gasteiger charge is -2.26. The Kier molecular flexibility index (Phi) is 31.6. The van der Waals surface area contributed by atoms with Gasteiger partial charge in [-0.3, -0.25) is 43.3 Å². The molecule has 4 aromatic heterocycles. The van der Waals surface area contributed by atoms with Gasteiger partial charge in [-0.05, 0) is 160 Å². The van der Waals surface area contributed by atoms with Crippen LogP contribution in [-0.2, 0) is 74.7 Å². The molecule has 128 heavy (non-hydrogen) atoms. The van der Waals surface area contributed by atoms with Crippen molar-refractivity contribution in [3.63, 3.8) is 0 Å². The third-order valence-corrected chi connectivity index (χ3v) is 24.9. The number of urea groups is 3. The molecule has 0 radical (unpaired) electrons. The molecule has 9 N–H and O–H groups in total. The Morgan fingerprint density at radius 3 is 1.09 bits per heavy atom. The van der Waals surface area contributed by atoms with Crippen molar-refractivity contribution in [2.24, 2.45) is 0 Å². The Balaban J connectivity index is 0.000000174. The second-order valence-corrected chi connectivity index (χ2v) is 38.2. The van der Waals surface area contributed by atoms with Gasteiger partial charge in [0.15, 0.2) is 30.0 Å². The van der Waals surface area contributed by atoms with Crippen molar-refractivity contribution in [3.05, 3.63) is 235 Å². The van der Waals surface area contributed by atoms with Crippen LogP contribution in [0.15, 0.2) is 227 Å². The van der Waals surface area contributed by atoms with E-state index in [-0.39, 0.29) is 50.8 Å². The molecule has 0 bridgehead atoms. The number of rotatable bonds is 30. The Morgan fingerprint density at radius 2 is 0.734 bits per heavy atom. The predicted molar refractivity (Wildman–Crippen MR) is 500 cm³/mol. The number of hydrogen-bond donors (Lipinski definition) is 9. The number of carbonyl (C=O) groups is 3. The number of carbonyl (C=O) groups excluding carboxylic acids is 3. The minimum Gasteiger partial charge on any atom is -0.493 e. The second-order valence-electron chi connectivity index (χ2n) is 33.1. The Hall–Kier alpha value is -12.2. The van der Waals surface area contributed by atoms with Crippen molar-refractivity contribution in [3.8, 4) is 34.3 Å². The summed E-state index contributed by atoms with van der Waals surface area (Å²) < 4.78 is 111. The summed E-state index contributed by atoms with van der Waals surface area (Å²) in [7, 11) is -10.0. The largest absolute Gasteiger partial charge is 0.493 e. The number of anilines is 6. The molecule has 0 saturated carbocycles. The lowest BCUT2D eigenvalue weighted by molar-refractivity contribution is 0.0322. The lowest BCUT2D eigenvalue weighted by Crippen LogP contribution is -2.38. The van der Waals surface area contributed by atoms with Gasteiger partial charge < -0.3 is 39.6 Å². The molecule has 3 atom stereocenters. The van der Waals surface area contributed by atoms with E-state index in [2.05, 4.69) is 46.7 Å². The van der Waals surface area contributed by atoms with Gasteiger partial charge in [-0.1, -0.05) is 111 Å². The number of hydrogen-bond acceptors (Lipinski definition) is 23. The molecule has 6 amide bonds. The van der Waals surface area contributed by atoms with E-state index < -0.39 is 48.1 Å². The number of nitrogens with zero attached hydrogens (tertiary/aromatic N) is 9. The standard InChI is InChI=1S/C33H36N6O4S.C32H40N6O5S.C28H38N6O5S/c1-5-43-44(34,41)25-12-10-24(11-13-25)39-31(22-30(38-39)33(2,3)4)37-32(40)36-28-14-15-29(27-9-7-6-8-26(27)28)42-21-18-23-16-19-35-20-17-23;1-5-43-44(33,40)24-12-10-23(11-13-24)38-30(22-29(36-38)32(2,3)4)35-31(39)34-27-14-15-28(26-9-7-6-8-25(26)27)42-21-18-37-16-19-41-20-17-37;1-5-39-40(29,36)24-12-8-22(9-13-24)34-26(20-25(32-34)28(2,3)4)31-27(35)30-21-6-10-23(11-7-21)38-19-16-33-14-17-37-18-15-33/h6-17,19-20,22,34H,5,18,21H2,1-4H3,(H2,36,37,40);6-15,22,33H,5,16-21H2,1-4H3,(H2,34,35,39);6-13,20,29H,5,14-19H2,1-4H3,(H2,30,31,35). The summed E-state index contributed by atoms with van der Waals surface area (Å²) in [5, 5.41) is 35.3. The summed E-state index contributed by atoms with van der Waals surface area (Å²) in [5.74, 6) is 3.61. The minimum absolute atomic E-state index is 0.165. The molecule has 2 aliphatic heterocycles. The normalized spacial score (nSPS) is 14.7. The molecule has 0 spiro atoms. The van der Waals surface area contributed by atoms with Gasteiger partial charge in [0.05, 0.1) is 113 Å². The lowest BCUT2D eigenvalue weighted by atomic mass is 9.92. The van der Waals surface area contributed by atoms with Crippen molar-refractivity contribution in [1.29, 1.82) is 14.3 Å². The molecule has 12 aromatic rings. The van der Waals surface area contributed by atoms with Crippen molar-refractivity contribution in [1.82, 2.24) is 44.1 Å². The molecule has 0 aliphatic carbocycles. The highest BCUT2D eigenvalue weighted by molar-refractivity contribution is 7.88. The Labute approximate surface area is 748 Å². The average molecular weight is 1800 g/mol. The van der Waals surface area contributed by atoms with Crippen LogP contribution in [0.2, 0.25) is 0 Å². The highest BCUT2D eigenvalue weighted by atomic mass is 32.2. The zero-order chi connectivity index (χ0) is 91.4. The number of aromatic nitrogens is 7. The van der Waals surface area contributed by atoms with Crippen LogP contribution in [0.5, 0.6) is 17.2 Å². The maximum atomic E-state index is 13.4. The van der Waals surface area contributed by atoms with E-state index >= 15 is 0 Å². The van der Waals surface area contributed by atoms with E-state index in [0.717, 1.165) is 134 Å². The molecule has 6 heterocycles.